The summed E-state index contributed by atoms with van der Waals surface area (Å²) in [7, 11) is -3.41. The van der Waals surface area contributed by atoms with Gasteiger partial charge in [0.1, 0.15) is 6.61 Å². The highest BCUT2D eigenvalue weighted by molar-refractivity contribution is 6.71. The molecule has 0 saturated heterocycles. The highest BCUT2D eigenvalue weighted by Gasteiger charge is 2.22. The van der Waals surface area contributed by atoms with Crippen molar-refractivity contribution < 1.29 is 18.5 Å². The molecule has 0 aromatic heterocycles. The Balaban J connectivity index is 2.83. The maximum Gasteiger partial charge on any atom is 0.292 e. The quantitative estimate of drug-likeness (QED) is 0.0835. The number of allylic oxidation sites excluding steroid dienone is 5. The average molecular weight is 522 g/mol. The average Bonchev–Trinajstić information content (AvgIpc) is 3.12. The van der Waals surface area contributed by atoms with Crippen LogP contribution < -0.4 is 0 Å². The first-order valence-corrected chi connectivity index (χ1v) is 20.4. The Hall–Kier alpha value is -1.45. The van der Waals surface area contributed by atoms with Gasteiger partial charge in [-0.05, 0) is 95.9 Å². The molecule has 35 heavy (non-hydrogen) atoms. The smallest absolute Gasteiger partial charge is 0.292 e. The zero-order chi connectivity index (χ0) is 26.3. The molecule has 0 saturated carbocycles. The van der Waals surface area contributed by atoms with Gasteiger partial charge in [-0.1, -0.05) is 55.6 Å². The van der Waals surface area contributed by atoms with Gasteiger partial charge in [0.25, 0.3) is 5.97 Å². The van der Waals surface area contributed by atoms with Gasteiger partial charge in [0.15, 0.2) is 8.32 Å². The molecule has 0 aliphatic heterocycles. The topological polar surface area (TPSA) is 57.1 Å². The molecular formula is C28H51NO4Si2. The summed E-state index contributed by atoms with van der Waals surface area (Å²) in [6.45, 7) is 17.7. The first-order chi connectivity index (χ1) is 16.4. The van der Waals surface area contributed by atoms with Crippen molar-refractivity contribution in [3.8, 4) is 0 Å². The molecule has 1 rings (SSSR count). The molecule has 0 fully saturated rings. The van der Waals surface area contributed by atoms with Crippen LogP contribution in [0.15, 0.2) is 40.6 Å². The van der Waals surface area contributed by atoms with E-state index in [1.54, 1.807) is 0 Å². The Labute approximate surface area is 217 Å². The third kappa shape index (κ3) is 15.3. The maximum atomic E-state index is 11.9. The van der Waals surface area contributed by atoms with E-state index in [1.807, 2.05) is 26.6 Å². The molecule has 0 radical (unpaired) electrons. The Bertz CT molecular complexity index is 758. The lowest BCUT2D eigenvalue weighted by atomic mass is 10.0. The van der Waals surface area contributed by atoms with Gasteiger partial charge in [-0.15, -0.1) is 0 Å². The molecule has 0 bridgehead atoms. The zero-order valence-electron chi connectivity index (χ0n) is 23.7. The van der Waals surface area contributed by atoms with E-state index in [2.05, 4.69) is 56.0 Å². The summed E-state index contributed by atoms with van der Waals surface area (Å²) in [4.78, 5) is 17.3. The molecule has 0 unspecified atom stereocenters. The van der Waals surface area contributed by atoms with E-state index in [-0.39, 0.29) is 12.1 Å². The largest absolute Gasteiger partial charge is 0.520 e. The Morgan fingerprint density at radius 3 is 2.37 bits per heavy atom. The second kappa shape index (κ2) is 16.3. The van der Waals surface area contributed by atoms with Gasteiger partial charge in [0.05, 0.1) is 11.8 Å². The molecule has 1 aliphatic rings. The first kappa shape index (κ1) is 31.6. The van der Waals surface area contributed by atoms with Crippen molar-refractivity contribution in [1.82, 2.24) is 0 Å². The van der Waals surface area contributed by atoms with Crippen LogP contribution >= 0.6 is 0 Å². The number of nitrogens with zero attached hydrogens (tertiary/aromatic N) is 1. The van der Waals surface area contributed by atoms with Gasteiger partial charge >= 0.3 is 0 Å². The van der Waals surface area contributed by atoms with Crippen LogP contribution in [0, 0.1) is 0 Å². The summed E-state index contributed by atoms with van der Waals surface area (Å²) in [5, 5.41) is 4.40. The van der Waals surface area contributed by atoms with E-state index in [0.717, 1.165) is 44.2 Å². The number of oxime groups is 1. The van der Waals surface area contributed by atoms with Crippen molar-refractivity contribution in [2.75, 3.05) is 6.61 Å². The van der Waals surface area contributed by atoms with E-state index in [4.69, 9.17) is 13.7 Å². The predicted molar refractivity (Wildman–Crippen MR) is 154 cm³/mol. The van der Waals surface area contributed by atoms with Crippen LogP contribution in [-0.2, 0) is 18.5 Å². The molecule has 0 N–H and O–H groups in total. The van der Waals surface area contributed by atoms with E-state index in [1.165, 1.54) is 30.4 Å². The Morgan fingerprint density at radius 1 is 1.00 bits per heavy atom. The van der Waals surface area contributed by atoms with E-state index >= 15 is 0 Å². The van der Waals surface area contributed by atoms with Crippen LogP contribution in [-0.4, -0.2) is 41.0 Å². The van der Waals surface area contributed by atoms with Crippen LogP contribution in [0.5, 0.6) is 0 Å². The number of unbranched alkanes of at least 4 members (excludes halogenated alkanes) is 3. The molecular weight excluding hydrogens is 470 g/mol. The number of hydrogen-bond acceptors (Lipinski definition) is 5. The normalized spacial score (nSPS) is 17.2. The second-order valence-electron chi connectivity index (χ2n) is 11.2. The minimum Gasteiger partial charge on any atom is -0.520 e. The van der Waals surface area contributed by atoms with Gasteiger partial charge in [-0.2, -0.15) is 0 Å². The van der Waals surface area contributed by atoms with Crippen molar-refractivity contribution in [2.24, 2.45) is 5.16 Å². The highest BCUT2D eigenvalue weighted by atomic mass is 28.4. The first-order valence-electron chi connectivity index (χ1n) is 13.6. The van der Waals surface area contributed by atoms with Crippen molar-refractivity contribution in [1.29, 1.82) is 0 Å². The highest BCUT2D eigenvalue weighted by Crippen LogP contribution is 2.29. The van der Waals surface area contributed by atoms with E-state index in [9.17, 15) is 4.79 Å². The van der Waals surface area contributed by atoms with Crippen molar-refractivity contribution in [3.63, 3.8) is 0 Å². The van der Waals surface area contributed by atoms with Crippen LogP contribution in [0.25, 0.3) is 0 Å². The van der Waals surface area contributed by atoms with Crippen molar-refractivity contribution >= 4 is 28.3 Å². The lowest BCUT2D eigenvalue weighted by molar-refractivity contribution is -0.135. The molecule has 1 atom stereocenters. The monoisotopic (exact) mass is 521 g/mol. The third-order valence-electron chi connectivity index (χ3n) is 5.44. The fourth-order valence-corrected chi connectivity index (χ4v) is 5.85. The predicted octanol–water partition coefficient (Wildman–Crippen LogP) is 8.32. The van der Waals surface area contributed by atoms with Gasteiger partial charge in [-0.25, -0.2) is 0 Å². The minimum atomic E-state index is -1.79. The lowest BCUT2D eigenvalue weighted by Crippen LogP contribution is -2.31. The summed E-state index contributed by atoms with van der Waals surface area (Å²) >= 11 is 0. The van der Waals surface area contributed by atoms with Crippen LogP contribution in [0.4, 0.5) is 0 Å². The molecule has 0 amide bonds. The van der Waals surface area contributed by atoms with Crippen molar-refractivity contribution in [3.05, 3.63) is 35.5 Å². The second-order valence-corrected chi connectivity index (χ2v) is 20.1. The molecule has 0 spiro atoms. The number of hydrogen-bond donors (Lipinski definition) is 0. The summed E-state index contributed by atoms with van der Waals surface area (Å²) < 4.78 is 12.0. The number of carbonyl (C=O) groups is 1. The lowest BCUT2D eigenvalue weighted by Gasteiger charge is -2.24. The summed E-state index contributed by atoms with van der Waals surface area (Å²) in [5.74, 6) is -0.0661. The van der Waals surface area contributed by atoms with Gasteiger partial charge in [-0.3, -0.25) is 4.79 Å². The fraction of sp³-hybridized carbons (Fsp3) is 0.714. The molecule has 0 aromatic rings. The van der Waals surface area contributed by atoms with Crippen LogP contribution in [0.1, 0.15) is 78.1 Å². The molecule has 0 heterocycles. The summed E-state index contributed by atoms with van der Waals surface area (Å²) in [6.07, 6.45) is 18.8. The molecule has 200 valence electrons. The van der Waals surface area contributed by atoms with Crippen LogP contribution in [0.3, 0.4) is 0 Å². The van der Waals surface area contributed by atoms with E-state index < -0.39 is 16.6 Å². The minimum absolute atomic E-state index is 0.0661. The molecule has 0 aromatic carbocycles. The van der Waals surface area contributed by atoms with E-state index in [0.29, 0.717) is 13.0 Å². The van der Waals surface area contributed by atoms with Crippen LogP contribution in [0.2, 0.25) is 39.3 Å². The van der Waals surface area contributed by atoms with Crippen molar-refractivity contribution in [2.45, 2.75) is 123 Å². The maximum absolute atomic E-state index is 11.9. The van der Waals surface area contributed by atoms with Gasteiger partial charge in [0, 0.05) is 6.42 Å². The summed E-state index contributed by atoms with van der Waals surface area (Å²) in [6, 6.07) is 0. The SMILES string of the molecule is CCCCC[C@@H](/C=C/C1=C(C/C=C\CCCC(=O)O[Si](C)(C)C)C(=N\OCC)/CC1)O[Si](C)(C)C. The number of rotatable bonds is 17. The Morgan fingerprint density at radius 2 is 1.74 bits per heavy atom. The molecule has 1 aliphatic carbocycles. The molecule has 7 heteroatoms. The zero-order valence-corrected chi connectivity index (χ0v) is 25.7. The third-order valence-corrected chi connectivity index (χ3v) is 7.29. The standard InChI is InChI=1S/C28H51NO4Si2/c1-9-11-14-17-25(32-34(3,4)5)22-20-24-21-23-27(29-31-10-2)26(24)18-15-12-13-16-19-28(30)33-35(6,7)8/h12,15,20,22,25H,9-11,13-14,16-19,21,23H2,1-8H3/b15-12-,22-20+,29-27-/t25-/m0/s1. The van der Waals surface area contributed by atoms with Gasteiger partial charge in [0.2, 0.25) is 8.32 Å². The molecule has 5 nitrogen and oxygen atoms in total. The fourth-order valence-electron chi connectivity index (χ4n) is 3.96. The Kier molecular flexibility index (Phi) is 14.7. The summed E-state index contributed by atoms with van der Waals surface area (Å²) in [5.41, 5.74) is 3.67. The van der Waals surface area contributed by atoms with Gasteiger partial charge < -0.3 is 13.7 Å². The number of carbonyl (C=O) groups excluding carboxylic acids is 1.